The SMILES string of the molecule is CCNC(CCc1ccc(CC)s1)C(C)(C)C. The van der Waals surface area contributed by atoms with Crippen LogP contribution in [-0.4, -0.2) is 12.6 Å². The highest BCUT2D eigenvalue weighted by Gasteiger charge is 2.23. The predicted octanol–water partition coefficient (Wildman–Crippen LogP) is 4.27. The molecule has 0 radical (unpaired) electrons. The van der Waals surface area contributed by atoms with Crippen LogP contribution in [0.5, 0.6) is 0 Å². The third kappa shape index (κ3) is 4.81. The quantitative estimate of drug-likeness (QED) is 0.798. The highest BCUT2D eigenvalue weighted by atomic mass is 32.1. The zero-order valence-corrected chi connectivity index (χ0v) is 12.8. The van der Waals surface area contributed by atoms with Crippen LogP contribution >= 0.6 is 11.3 Å². The summed E-state index contributed by atoms with van der Waals surface area (Å²) in [5.74, 6) is 0. The van der Waals surface area contributed by atoms with Gasteiger partial charge in [-0.1, -0.05) is 34.6 Å². The Morgan fingerprint density at radius 3 is 2.29 bits per heavy atom. The van der Waals surface area contributed by atoms with E-state index in [2.05, 4.69) is 52.1 Å². The zero-order valence-electron chi connectivity index (χ0n) is 12.0. The second kappa shape index (κ2) is 6.55. The summed E-state index contributed by atoms with van der Waals surface area (Å²) in [5, 5.41) is 3.62. The van der Waals surface area contributed by atoms with Gasteiger partial charge in [-0.25, -0.2) is 0 Å². The summed E-state index contributed by atoms with van der Waals surface area (Å²) in [6.07, 6.45) is 3.61. The molecule has 0 spiro atoms. The van der Waals surface area contributed by atoms with Crippen LogP contribution in [-0.2, 0) is 12.8 Å². The van der Waals surface area contributed by atoms with Crippen LogP contribution < -0.4 is 5.32 Å². The van der Waals surface area contributed by atoms with Gasteiger partial charge in [0.25, 0.3) is 0 Å². The van der Waals surface area contributed by atoms with Crippen molar-refractivity contribution in [3.05, 3.63) is 21.9 Å². The molecule has 0 aliphatic carbocycles. The van der Waals surface area contributed by atoms with Crippen molar-refractivity contribution in [3.63, 3.8) is 0 Å². The van der Waals surface area contributed by atoms with E-state index in [0.717, 1.165) is 6.54 Å². The molecule has 0 aromatic carbocycles. The van der Waals surface area contributed by atoms with Gasteiger partial charge >= 0.3 is 0 Å². The van der Waals surface area contributed by atoms with Crippen LogP contribution in [0, 0.1) is 5.41 Å². The first-order chi connectivity index (χ1) is 7.97. The monoisotopic (exact) mass is 253 g/mol. The molecule has 98 valence electrons. The van der Waals surface area contributed by atoms with Crippen molar-refractivity contribution in [2.24, 2.45) is 5.41 Å². The second-order valence-electron chi connectivity index (χ2n) is 5.74. The number of rotatable bonds is 6. The Bertz CT molecular complexity index is 322. The Hall–Kier alpha value is -0.340. The van der Waals surface area contributed by atoms with Crippen LogP contribution in [0.2, 0.25) is 0 Å². The van der Waals surface area contributed by atoms with Gasteiger partial charge in [0.2, 0.25) is 0 Å². The lowest BCUT2D eigenvalue weighted by atomic mass is 9.84. The maximum atomic E-state index is 3.62. The van der Waals surface area contributed by atoms with Crippen molar-refractivity contribution < 1.29 is 0 Å². The standard InChI is InChI=1S/C15H27NS/c1-6-12-8-9-13(17-12)10-11-14(16-7-2)15(3,4)5/h8-9,14,16H,6-7,10-11H2,1-5H3. The molecule has 1 heterocycles. The Balaban J connectivity index is 2.51. The van der Waals surface area contributed by atoms with Crippen molar-refractivity contribution in [1.82, 2.24) is 5.32 Å². The molecule has 1 aromatic rings. The molecule has 1 nitrogen and oxygen atoms in total. The lowest BCUT2D eigenvalue weighted by Crippen LogP contribution is -2.40. The third-order valence-electron chi connectivity index (χ3n) is 3.24. The fourth-order valence-electron chi connectivity index (χ4n) is 2.12. The van der Waals surface area contributed by atoms with Gasteiger partial charge in [-0.15, -0.1) is 11.3 Å². The Morgan fingerprint density at radius 1 is 1.18 bits per heavy atom. The van der Waals surface area contributed by atoms with E-state index in [0.29, 0.717) is 11.5 Å². The van der Waals surface area contributed by atoms with E-state index >= 15 is 0 Å². The summed E-state index contributed by atoms with van der Waals surface area (Å²) >= 11 is 1.98. The molecule has 1 aromatic heterocycles. The Morgan fingerprint density at radius 2 is 1.82 bits per heavy atom. The van der Waals surface area contributed by atoms with E-state index in [9.17, 15) is 0 Å². The minimum Gasteiger partial charge on any atom is -0.314 e. The van der Waals surface area contributed by atoms with Crippen LogP contribution in [0.4, 0.5) is 0 Å². The van der Waals surface area contributed by atoms with Crippen molar-refractivity contribution in [1.29, 1.82) is 0 Å². The fourth-order valence-corrected chi connectivity index (χ4v) is 3.09. The lowest BCUT2D eigenvalue weighted by Gasteiger charge is -2.31. The smallest absolute Gasteiger partial charge is 0.0119 e. The van der Waals surface area contributed by atoms with Gasteiger partial charge < -0.3 is 5.32 Å². The van der Waals surface area contributed by atoms with E-state index in [-0.39, 0.29) is 0 Å². The number of aryl methyl sites for hydroxylation is 2. The maximum Gasteiger partial charge on any atom is 0.0119 e. The first-order valence-corrected chi connectivity index (χ1v) is 7.60. The molecular formula is C15H27NS. The molecule has 1 atom stereocenters. The highest BCUT2D eigenvalue weighted by molar-refractivity contribution is 7.11. The average molecular weight is 253 g/mol. The second-order valence-corrected chi connectivity index (χ2v) is 6.99. The summed E-state index contributed by atoms with van der Waals surface area (Å²) in [6, 6.07) is 5.19. The number of hydrogen-bond donors (Lipinski definition) is 1. The van der Waals surface area contributed by atoms with Crippen molar-refractivity contribution >= 4 is 11.3 Å². The first kappa shape index (κ1) is 14.7. The molecular weight excluding hydrogens is 226 g/mol. The number of thiophene rings is 1. The van der Waals surface area contributed by atoms with Crippen LogP contribution in [0.15, 0.2) is 12.1 Å². The molecule has 1 N–H and O–H groups in total. The minimum atomic E-state index is 0.348. The molecule has 0 amide bonds. The van der Waals surface area contributed by atoms with Crippen molar-refractivity contribution in [2.45, 2.75) is 59.9 Å². The van der Waals surface area contributed by atoms with E-state index < -0.39 is 0 Å². The van der Waals surface area contributed by atoms with Crippen LogP contribution in [0.3, 0.4) is 0 Å². The Kier molecular flexibility index (Phi) is 5.68. The molecule has 0 saturated heterocycles. The lowest BCUT2D eigenvalue weighted by molar-refractivity contribution is 0.259. The predicted molar refractivity (Wildman–Crippen MR) is 78.9 cm³/mol. The molecule has 2 heteroatoms. The maximum absolute atomic E-state index is 3.62. The molecule has 0 saturated carbocycles. The normalized spacial score (nSPS) is 13.9. The molecule has 1 rings (SSSR count). The largest absolute Gasteiger partial charge is 0.314 e. The first-order valence-electron chi connectivity index (χ1n) is 6.78. The van der Waals surface area contributed by atoms with Gasteiger partial charge in [-0.2, -0.15) is 0 Å². The molecule has 0 aliphatic rings. The fraction of sp³-hybridized carbons (Fsp3) is 0.733. The highest BCUT2D eigenvalue weighted by Crippen LogP contribution is 2.25. The van der Waals surface area contributed by atoms with Gasteiger partial charge in [-0.05, 0) is 43.4 Å². The van der Waals surface area contributed by atoms with E-state index in [1.165, 1.54) is 29.0 Å². The minimum absolute atomic E-state index is 0.348. The topological polar surface area (TPSA) is 12.0 Å². The number of hydrogen-bond acceptors (Lipinski definition) is 2. The average Bonchev–Trinajstić information content (AvgIpc) is 2.70. The van der Waals surface area contributed by atoms with Crippen molar-refractivity contribution in [3.8, 4) is 0 Å². The van der Waals surface area contributed by atoms with E-state index in [1.807, 2.05) is 11.3 Å². The van der Waals surface area contributed by atoms with Gasteiger partial charge in [-0.3, -0.25) is 0 Å². The molecule has 0 fully saturated rings. The molecule has 0 bridgehead atoms. The van der Waals surface area contributed by atoms with E-state index in [1.54, 1.807) is 0 Å². The summed E-state index contributed by atoms with van der Waals surface area (Å²) in [6.45, 7) is 12.5. The summed E-state index contributed by atoms with van der Waals surface area (Å²) < 4.78 is 0. The number of nitrogens with one attached hydrogen (secondary N) is 1. The molecule has 1 unspecified atom stereocenters. The zero-order chi connectivity index (χ0) is 12.9. The van der Waals surface area contributed by atoms with Crippen molar-refractivity contribution in [2.75, 3.05) is 6.54 Å². The summed E-state index contributed by atoms with van der Waals surface area (Å²) in [4.78, 5) is 3.05. The molecule has 17 heavy (non-hydrogen) atoms. The summed E-state index contributed by atoms with van der Waals surface area (Å²) in [5.41, 5.74) is 0.348. The van der Waals surface area contributed by atoms with Gasteiger partial charge in [0, 0.05) is 15.8 Å². The van der Waals surface area contributed by atoms with E-state index in [4.69, 9.17) is 0 Å². The van der Waals surface area contributed by atoms with Crippen LogP contribution in [0.1, 0.15) is 50.8 Å². The van der Waals surface area contributed by atoms with Crippen LogP contribution in [0.25, 0.3) is 0 Å². The van der Waals surface area contributed by atoms with Gasteiger partial charge in [0.1, 0.15) is 0 Å². The Labute approximate surface area is 111 Å². The summed E-state index contributed by atoms with van der Waals surface area (Å²) in [7, 11) is 0. The third-order valence-corrected chi connectivity index (χ3v) is 4.53. The van der Waals surface area contributed by atoms with Gasteiger partial charge in [0.05, 0.1) is 0 Å². The van der Waals surface area contributed by atoms with Gasteiger partial charge in [0.15, 0.2) is 0 Å². The molecule has 0 aliphatic heterocycles.